The summed E-state index contributed by atoms with van der Waals surface area (Å²) in [6.07, 6.45) is 1.51. The van der Waals surface area contributed by atoms with E-state index in [1.54, 1.807) is 12.1 Å². The molecule has 1 amide bonds. The maximum Gasteiger partial charge on any atom is 0.261 e. The number of rotatable bonds is 5. The molecular formula is C19H14ClFN2O2. The Hall–Kier alpha value is -2.92. The molecule has 126 valence electrons. The molecule has 1 N–H and O–H groups in total. The molecule has 0 aliphatic carbocycles. The maximum atomic E-state index is 13.9. The van der Waals surface area contributed by atoms with Crippen LogP contribution in [0.2, 0.25) is 5.02 Å². The summed E-state index contributed by atoms with van der Waals surface area (Å²) in [5.41, 5.74) is 0.740. The fourth-order valence-corrected chi connectivity index (χ4v) is 2.47. The first-order chi connectivity index (χ1) is 12.1. The van der Waals surface area contributed by atoms with Gasteiger partial charge in [0.25, 0.3) is 5.91 Å². The monoisotopic (exact) mass is 356 g/mol. The lowest BCUT2D eigenvalue weighted by atomic mass is 10.2. The number of carbonyl (C=O) groups is 1. The van der Waals surface area contributed by atoms with Gasteiger partial charge in [0, 0.05) is 6.20 Å². The van der Waals surface area contributed by atoms with E-state index >= 15 is 0 Å². The van der Waals surface area contributed by atoms with Crippen molar-refractivity contribution in [2.75, 3.05) is 5.32 Å². The Balaban J connectivity index is 1.78. The van der Waals surface area contributed by atoms with Crippen LogP contribution in [0.1, 0.15) is 15.9 Å². The van der Waals surface area contributed by atoms with Gasteiger partial charge in [-0.2, -0.15) is 0 Å². The van der Waals surface area contributed by atoms with Crippen LogP contribution >= 0.6 is 11.6 Å². The molecule has 0 atom stereocenters. The number of amides is 1. The van der Waals surface area contributed by atoms with E-state index in [0.29, 0.717) is 12.4 Å². The van der Waals surface area contributed by atoms with Crippen molar-refractivity contribution in [1.82, 2.24) is 4.98 Å². The molecular weight excluding hydrogens is 343 g/mol. The molecule has 1 heterocycles. The number of ether oxygens (including phenoxy) is 1. The van der Waals surface area contributed by atoms with Gasteiger partial charge in [-0.3, -0.25) is 4.79 Å². The van der Waals surface area contributed by atoms with Gasteiger partial charge in [0.05, 0.1) is 10.6 Å². The van der Waals surface area contributed by atoms with Gasteiger partial charge in [-0.25, -0.2) is 9.37 Å². The molecule has 6 heteroatoms. The summed E-state index contributed by atoms with van der Waals surface area (Å²) in [7, 11) is 0. The van der Waals surface area contributed by atoms with E-state index in [4.69, 9.17) is 16.3 Å². The normalized spacial score (nSPS) is 10.3. The van der Waals surface area contributed by atoms with Crippen LogP contribution in [0.25, 0.3) is 0 Å². The molecule has 2 aromatic carbocycles. The van der Waals surface area contributed by atoms with Gasteiger partial charge < -0.3 is 10.1 Å². The molecule has 3 aromatic rings. The summed E-state index contributed by atoms with van der Waals surface area (Å²) in [6.45, 7) is 0.315. The number of pyridine rings is 1. The first-order valence-electron chi connectivity index (χ1n) is 7.52. The smallest absolute Gasteiger partial charge is 0.261 e. The molecule has 0 fully saturated rings. The average Bonchev–Trinajstić information content (AvgIpc) is 2.62. The van der Waals surface area contributed by atoms with Crippen LogP contribution in [-0.2, 0) is 6.61 Å². The Kier molecular flexibility index (Phi) is 5.26. The van der Waals surface area contributed by atoms with Crippen molar-refractivity contribution in [2.45, 2.75) is 6.61 Å². The minimum Gasteiger partial charge on any atom is -0.485 e. The third kappa shape index (κ3) is 4.14. The van der Waals surface area contributed by atoms with Crippen molar-refractivity contribution >= 4 is 23.3 Å². The van der Waals surface area contributed by atoms with Gasteiger partial charge in [0.15, 0.2) is 11.6 Å². The highest BCUT2D eigenvalue weighted by atomic mass is 35.5. The van der Waals surface area contributed by atoms with E-state index in [1.165, 1.54) is 24.4 Å². The summed E-state index contributed by atoms with van der Waals surface area (Å²) in [4.78, 5) is 16.4. The summed E-state index contributed by atoms with van der Waals surface area (Å²) in [5.74, 6) is -0.811. The number of benzene rings is 2. The van der Waals surface area contributed by atoms with Crippen molar-refractivity contribution in [3.05, 3.63) is 88.8 Å². The quantitative estimate of drug-likeness (QED) is 0.720. The number of hydrogen-bond donors (Lipinski definition) is 1. The molecule has 0 spiro atoms. The fourth-order valence-electron chi connectivity index (χ4n) is 2.22. The van der Waals surface area contributed by atoms with Crippen molar-refractivity contribution in [2.24, 2.45) is 0 Å². The third-order valence-corrected chi connectivity index (χ3v) is 3.74. The summed E-state index contributed by atoms with van der Waals surface area (Å²) in [5, 5.41) is 2.57. The van der Waals surface area contributed by atoms with Crippen LogP contribution < -0.4 is 10.1 Å². The number of hydrogen-bond acceptors (Lipinski definition) is 3. The molecule has 1 aromatic heterocycles. The highest BCUT2D eigenvalue weighted by Crippen LogP contribution is 2.25. The van der Waals surface area contributed by atoms with E-state index in [9.17, 15) is 9.18 Å². The van der Waals surface area contributed by atoms with Crippen LogP contribution in [0.5, 0.6) is 5.75 Å². The average molecular weight is 357 g/mol. The Labute approximate surface area is 149 Å². The number of anilines is 1. The molecule has 25 heavy (non-hydrogen) atoms. The number of nitrogens with one attached hydrogen (secondary N) is 1. The molecule has 3 rings (SSSR count). The van der Waals surface area contributed by atoms with Crippen LogP contribution in [0.4, 0.5) is 10.2 Å². The molecule has 4 nitrogen and oxygen atoms in total. The minimum absolute atomic E-state index is 0.0279. The predicted octanol–water partition coefficient (Wildman–Crippen LogP) is 4.71. The van der Waals surface area contributed by atoms with Crippen LogP contribution in [-0.4, -0.2) is 10.9 Å². The Morgan fingerprint density at radius 3 is 2.64 bits per heavy atom. The lowest BCUT2D eigenvalue weighted by Gasteiger charge is -2.12. The van der Waals surface area contributed by atoms with Gasteiger partial charge in [-0.05, 0) is 29.8 Å². The van der Waals surface area contributed by atoms with Gasteiger partial charge in [-0.1, -0.05) is 48.0 Å². The Morgan fingerprint density at radius 2 is 1.88 bits per heavy atom. The number of halogens is 2. The topological polar surface area (TPSA) is 51.2 Å². The second-order valence-electron chi connectivity index (χ2n) is 5.18. The Bertz CT molecular complexity index is 867. The highest BCUT2D eigenvalue weighted by Gasteiger charge is 2.18. The second kappa shape index (κ2) is 7.77. The number of nitrogens with zero attached hydrogens (tertiary/aromatic N) is 1. The van der Waals surface area contributed by atoms with Gasteiger partial charge in [0.2, 0.25) is 0 Å². The zero-order valence-electron chi connectivity index (χ0n) is 13.1. The van der Waals surface area contributed by atoms with Crippen LogP contribution in [0, 0.1) is 5.82 Å². The van der Waals surface area contributed by atoms with Crippen molar-refractivity contribution in [1.29, 1.82) is 0 Å². The van der Waals surface area contributed by atoms with Crippen LogP contribution in [0.15, 0.2) is 66.9 Å². The zero-order valence-corrected chi connectivity index (χ0v) is 13.8. The zero-order chi connectivity index (χ0) is 17.6. The standard InChI is InChI=1S/C19H14ClFN2O2/c20-14-8-4-9-15(21)17(14)19(24)23-18-16(10-5-11-22-18)25-12-13-6-2-1-3-7-13/h1-11H,12H2,(H,22,23,24). The van der Waals surface area contributed by atoms with Crippen molar-refractivity contribution in [3.8, 4) is 5.75 Å². The van der Waals surface area contributed by atoms with Gasteiger partial charge >= 0.3 is 0 Å². The Morgan fingerprint density at radius 1 is 1.08 bits per heavy atom. The molecule has 0 saturated heterocycles. The molecule has 0 aliphatic rings. The van der Waals surface area contributed by atoms with Gasteiger partial charge in [0.1, 0.15) is 12.4 Å². The van der Waals surface area contributed by atoms with Crippen LogP contribution in [0.3, 0.4) is 0 Å². The minimum atomic E-state index is -0.701. The van der Waals surface area contributed by atoms with E-state index < -0.39 is 11.7 Å². The summed E-state index contributed by atoms with van der Waals surface area (Å²) >= 11 is 5.92. The van der Waals surface area contributed by atoms with E-state index in [1.807, 2.05) is 30.3 Å². The maximum absolute atomic E-state index is 13.9. The third-order valence-electron chi connectivity index (χ3n) is 3.43. The summed E-state index contributed by atoms with van der Waals surface area (Å²) in [6, 6.07) is 17.0. The van der Waals surface area contributed by atoms with E-state index in [2.05, 4.69) is 10.3 Å². The number of carbonyl (C=O) groups excluding carboxylic acids is 1. The number of aromatic nitrogens is 1. The summed E-state index contributed by atoms with van der Waals surface area (Å²) < 4.78 is 19.6. The highest BCUT2D eigenvalue weighted by molar-refractivity contribution is 6.34. The first kappa shape index (κ1) is 16.9. The van der Waals surface area contributed by atoms with Crippen molar-refractivity contribution < 1.29 is 13.9 Å². The van der Waals surface area contributed by atoms with Gasteiger partial charge in [-0.15, -0.1) is 0 Å². The van der Waals surface area contributed by atoms with E-state index in [0.717, 1.165) is 5.56 Å². The lowest BCUT2D eigenvalue weighted by molar-refractivity contribution is 0.102. The second-order valence-corrected chi connectivity index (χ2v) is 5.58. The molecule has 0 unspecified atom stereocenters. The first-order valence-corrected chi connectivity index (χ1v) is 7.90. The SMILES string of the molecule is O=C(Nc1ncccc1OCc1ccccc1)c1c(F)cccc1Cl. The molecule has 0 saturated carbocycles. The predicted molar refractivity (Wildman–Crippen MR) is 94.4 cm³/mol. The molecule has 0 bridgehead atoms. The molecule has 0 aliphatic heterocycles. The van der Waals surface area contributed by atoms with E-state index in [-0.39, 0.29) is 16.4 Å². The molecule has 0 radical (unpaired) electrons. The largest absolute Gasteiger partial charge is 0.485 e. The lowest BCUT2D eigenvalue weighted by Crippen LogP contribution is -2.16. The fraction of sp³-hybridized carbons (Fsp3) is 0.0526. The van der Waals surface area contributed by atoms with Crippen molar-refractivity contribution in [3.63, 3.8) is 0 Å².